The van der Waals surface area contributed by atoms with E-state index < -0.39 is 0 Å². The zero-order valence-electron chi connectivity index (χ0n) is 11.3. The van der Waals surface area contributed by atoms with Gasteiger partial charge in [0, 0.05) is 30.9 Å². The number of benzene rings is 1. The molecule has 3 heteroatoms. The van der Waals surface area contributed by atoms with Crippen molar-refractivity contribution in [2.24, 2.45) is 0 Å². The molecule has 1 aromatic carbocycles. The first-order chi connectivity index (χ1) is 8.70. The Morgan fingerprint density at radius 2 is 2.06 bits per heavy atom. The van der Waals surface area contributed by atoms with Crippen LogP contribution < -0.4 is 10.2 Å². The molecule has 0 bridgehead atoms. The fourth-order valence-corrected chi connectivity index (χ4v) is 2.40. The van der Waals surface area contributed by atoms with Gasteiger partial charge in [-0.3, -0.25) is 4.79 Å². The van der Waals surface area contributed by atoms with E-state index in [-0.39, 0.29) is 5.91 Å². The Kier molecular flexibility index (Phi) is 4.24. The van der Waals surface area contributed by atoms with Crippen LogP contribution in [0.1, 0.15) is 38.2 Å². The molecule has 1 aliphatic rings. The first-order valence-electron chi connectivity index (χ1n) is 6.86. The molecule has 1 aromatic rings. The number of anilines is 2. The summed E-state index contributed by atoms with van der Waals surface area (Å²) in [6.45, 7) is 6.38. The van der Waals surface area contributed by atoms with E-state index >= 15 is 0 Å². The molecule has 0 radical (unpaired) electrons. The lowest BCUT2D eigenvalue weighted by Crippen LogP contribution is -2.18. The molecule has 1 N–H and O–H groups in total. The summed E-state index contributed by atoms with van der Waals surface area (Å²) in [6.07, 6.45) is 4.05. The first-order valence-corrected chi connectivity index (χ1v) is 6.86. The molecule has 1 fully saturated rings. The number of nitrogens with zero attached hydrogens (tertiary/aromatic N) is 1. The van der Waals surface area contributed by atoms with Crippen LogP contribution in [0.4, 0.5) is 11.4 Å². The van der Waals surface area contributed by atoms with E-state index in [1.165, 1.54) is 18.5 Å². The molecule has 1 aliphatic heterocycles. The molecule has 0 aromatic heterocycles. The Labute approximate surface area is 109 Å². The van der Waals surface area contributed by atoms with Gasteiger partial charge < -0.3 is 10.2 Å². The average Bonchev–Trinajstić information content (AvgIpc) is 2.85. The van der Waals surface area contributed by atoms with Crippen molar-refractivity contribution in [1.82, 2.24) is 0 Å². The molecule has 1 amide bonds. The van der Waals surface area contributed by atoms with E-state index in [0.717, 1.165) is 30.8 Å². The third-order valence-electron chi connectivity index (χ3n) is 3.43. The molecule has 0 atom stereocenters. The summed E-state index contributed by atoms with van der Waals surface area (Å²) in [6, 6.07) is 6.31. The molecule has 0 saturated carbocycles. The van der Waals surface area contributed by atoms with Gasteiger partial charge in [0.2, 0.25) is 5.91 Å². The van der Waals surface area contributed by atoms with Crippen LogP contribution in [0.3, 0.4) is 0 Å². The minimum absolute atomic E-state index is 0.106. The molecule has 1 saturated heterocycles. The topological polar surface area (TPSA) is 32.3 Å². The van der Waals surface area contributed by atoms with Gasteiger partial charge in [0.15, 0.2) is 0 Å². The molecule has 2 rings (SSSR count). The molecule has 18 heavy (non-hydrogen) atoms. The number of hydrogen-bond donors (Lipinski definition) is 1. The molecular formula is C15H22N2O. The minimum atomic E-state index is 0.106. The van der Waals surface area contributed by atoms with Crippen LogP contribution in [0, 0.1) is 6.92 Å². The maximum atomic E-state index is 11.6. The lowest BCUT2D eigenvalue weighted by molar-refractivity contribution is -0.116. The van der Waals surface area contributed by atoms with E-state index in [9.17, 15) is 4.79 Å². The maximum absolute atomic E-state index is 11.6. The number of rotatable bonds is 4. The Morgan fingerprint density at radius 3 is 2.67 bits per heavy atom. The van der Waals surface area contributed by atoms with Gasteiger partial charge >= 0.3 is 0 Å². The van der Waals surface area contributed by atoms with Crippen molar-refractivity contribution in [3.8, 4) is 0 Å². The highest BCUT2D eigenvalue weighted by Crippen LogP contribution is 2.25. The van der Waals surface area contributed by atoms with Gasteiger partial charge in [-0.05, 0) is 49.9 Å². The van der Waals surface area contributed by atoms with E-state index in [1.54, 1.807) is 0 Å². The summed E-state index contributed by atoms with van der Waals surface area (Å²) >= 11 is 0. The second-order valence-corrected chi connectivity index (χ2v) is 4.99. The quantitative estimate of drug-likeness (QED) is 0.883. The first kappa shape index (κ1) is 12.9. The number of amides is 1. The van der Waals surface area contributed by atoms with Gasteiger partial charge in [-0.1, -0.05) is 6.92 Å². The molecule has 0 spiro atoms. The van der Waals surface area contributed by atoms with Crippen molar-refractivity contribution < 1.29 is 4.79 Å². The number of hydrogen-bond acceptors (Lipinski definition) is 2. The number of nitrogens with one attached hydrogen (secondary N) is 1. The zero-order chi connectivity index (χ0) is 13.0. The third kappa shape index (κ3) is 3.03. The molecule has 0 unspecified atom stereocenters. The van der Waals surface area contributed by atoms with Crippen LogP contribution in [-0.4, -0.2) is 19.0 Å². The standard InChI is InChI=1S/C15H22N2O/c1-3-6-15(18)16-14-8-7-13(11-12(14)2)17-9-4-5-10-17/h7-8,11H,3-6,9-10H2,1-2H3,(H,16,18). The summed E-state index contributed by atoms with van der Waals surface area (Å²) in [4.78, 5) is 14.0. The molecule has 3 nitrogen and oxygen atoms in total. The van der Waals surface area contributed by atoms with Crippen LogP contribution in [0.15, 0.2) is 18.2 Å². The summed E-state index contributed by atoms with van der Waals surface area (Å²) in [5.74, 6) is 0.106. The lowest BCUT2D eigenvalue weighted by atomic mass is 10.1. The van der Waals surface area contributed by atoms with Crippen molar-refractivity contribution in [3.05, 3.63) is 23.8 Å². The number of carbonyl (C=O) groups excluding carboxylic acids is 1. The van der Waals surface area contributed by atoms with E-state index in [2.05, 4.69) is 29.3 Å². The lowest BCUT2D eigenvalue weighted by Gasteiger charge is -2.19. The smallest absolute Gasteiger partial charge is 0.224 e. The second kappa shape index (κ2) is 5.89. The van der Waals surface area contributed by atoms with Crippen LogP contribution in [0.25, 0.3) is 0 Å². The highest BCUT2D eigenvalue weighted by Gasteiger charge is 2.13. The Morgan fingerprint density at radius 1 is 1.33 bits per heavy atom. The zero-order valence-corrected chi connectivity index (χ0v) is 11.3. The van der Waals surface area contributed by atoms with E-state index in [4.69, 9.17) is 0 Å². The van der Waals surface area contributed by atoms with Crippen LogP contribution in [-0.2, 0) is 4.79 Å². The second-order valence-electron chi connectivity index (χ2n) is 4.99. The van der Waals surface area contributed by atoms with Gasteiger partial charge in [0.05, 0.1) is 0 Å². The summed E-state index contributed by atoms with van der Waals surface area (Å²) < 4.78 is 0. The molecule has 1 heterocycles. The monoisotopic (exact) mass is 246 g/mol. The van der Waals surface area contributed by atoms with Crippen molar-refractivity contribution >= 4 is 17.3 Å². The largest absolute Gasteiger partial charge is 0.372 e. The normalized spacial score (nSPS) is 14.9. The maximum Gasteiger partial charge on any atom is 0.224 e. The average molecular weight is 246 g/mol. The highest BCUT2D eigenvalue weighted by molar-refractivity contribution is 5.91. The van der Waals surface area contributed by atoms with Gasteiger partial charge in [0.1, 0.15) is 0 Å². The van der Waals surface area contributed by atoms with Crippen molar-refractivity contribution in [1.29, 1.82) is 0 Å². The predicted molar refractivity (Wildman–Crippen MR) is 76.2 cm³/mol. The minimum Gasteiger partial charge on any atom is -0.372 e. The predicted octanol–water partition coefficient (Wildman–Crippen LogP) is 3.33. The van der Waals surface area contributed by atoms with Gasteiger partial charge in [-0.25, -0.2) is 0 Å². The SMILES string of the molecule is CCCC(=O)Nc1ccc(N2CCCC2)cc1C. The Bertz CT molecular complexity index is 423. The van der Waals surface area contributed by atoms with Crippen molar-refractivity contribution in [2.45, 2.75) is 39.5 Å². The van der Waals surface area contributed by atoms with Gasteiger partial charge in [0.25, 0.3) is 0 Å². The number of carbonyl (C=O) groups is 1. The summed E-state index contributed by atoms with van der Waals surface area (Å²) in [5, 5.41) is 2.97. The fourth-order valence-electron chi connectivity index (χ4n) is 2.40. The van der Waals surface area contributed by atoms with Crippen LogP contribution in [0.2, 0.25) is 0 Å². The van der Waals surface area contributed by atoms with Gasteiger partial charge in [-0.15, -0.1) is 0 Å². The summed E-state index contributed by atoms with van der Waals surface area (Å²) in [5.41, 5.74) is 3.36. The molecule has 98 valence electrons. The Hall–Kier alpha value is -1.51. The van der Waals surface area contributed by atoms with Gasteiger partial charge in [-0.2, -0.15) is 0 Å². The van der Waals surface area contributed by atoms with E-state index in [0.29, 0.717) is 6.42 Å². The Balaban J connectivity index is 2.07. The van der Waals surface area contributed by atoms with Crippen LogP contribution >= 0.6 is 0 Å². The number of aryl methyl sites for hydroxylation is 1. The molecular weight excluding hydrogens is 224 g/mol. The van der Waals surface area contributed by atoms with Crippen molar-refractivity contribution in [2.75, 3.05) is 23.3 Å². The van der Waals surface area contributed by atoms with Crippen LogP contribution in [0.5, 0.6) is 0 Å². The van der Waals surface area contributed by atoms with Crippen molar-refractivity contribution in [3.63, 3.8) is 0 Å². The third-order valence-corrected chi connectivity index (χ3v) is 3.43. The molecule has 0 aliphatic carbocycles. The summed E-state index contributed by atoms with van der Waals surface area (Å²) in [7, 11) is 0. The van der Waals surface area contributed by atoms with E-state index in [1.807, 2.05) is 13.0 Å². The highest BCUT2D eigenvalue weighted by atomic mass is 16.1. The fraction of sp³-hybridized carbons (Fsp3) is 0.533.